The van der Waals surface area contributed by atoms with Gasteiger partial charge in [-0.05, 0) is 50.5 Å². The Labute approximate surface area is 152 Å². The molecule has 1 N–H and O–H groups in total. The highest BCUT2D eigenvalue weighted by atomic mass is 35.5. The maximum absolute atomic E-state index is 12.6. The van der Waals surface area contributed by atoms with Crippen LogP contribution in [-0.4, -0.2) is 36.1 Å². The predicted molar refractivity (Wildman–Crippen MR) is 94.8 cm³/mol. The molecule has 1 saturated carbocycles. The fourth-order valence-electron chi connectivity index (χ4n) is 2.88. The van der Waals surface area contributed by atoms with E-state index in [9.17, 15) is 13.2 Å². The Bertz CT molecular complexity index is 743. The molecule has 8 heteroatoms. The van der Waals surface area contributed by atoms with Crippen molar-refractivity contribution in [3.05, 3.63) is 24.3 Å². The van der Waals surface area contributed by atoms with Crippen LogP contribution in [0.15, 0.2) is 29.2 Å². The Morgan fingerprint density at radius 2 is 1.67 bits per heavy atom. The summed E-state index contributed by atoms with van der Waals surface area (Å²) in [5, 5.41) is 2.74. The van der Waals surface area contributed by atoms with Gasteiger partial charge in [-0.25, -0.2) is 8.42 Å². The molecular weight excluding hydrogens is 371 g/mol. The molecular formula is C16H20Cl2N2O3S. The number of nitrogens with one attached hydrogen (secondary N) is 1. The van der Waals surface area contributed by atoms with E-state index in [4.69, 9.17) is 23.2 Å². The second kappa shape index (κ2) is 6.16. The maximum atomic E-state index is 12.6. The Kier molecular flexibility index (Phi) is 4.62. The van der Waals surface area contributed by atoms with E-state index in [-0.39, 0.29) is 10.8 Å². The molecule has 1 unspecified atom stereocenters. The number of anilines is 1. The van der Waals surface area contributed by atoms with Crippen molar-refractivity contribution in [2.24, 2.45) is 5.41 Å². The van der Waals surface area contributed by atoms with Crippen molar-refractivity contribution in [1.82, 2.24) is 4.31 Å². The van der Waals surface area contributed by atoms with Crippen LogP contribution in [0.1, 0.15) is 32.6 Å². The second-order valence-electron chi connectivity index (χ2n) is 6.66. The highest BCUT2D eigenvalue weighted by Crippen LogP contribution is 2.64. The fourth-order valence-corrected chi connectivity index (χ4v) is 5.10. The summed E-state index contributed by atoms with van der Waals surface area (Å²) >= 11 is 12.0. The predicted octanol–water partition coefficient (Wildman–Crippen LogP) is 3.38. The Morgan fingerprint density at radius 3 is 2.17 bits per heavy atom. The number of hydrogen-bond donors (Lipinski definition) is 1. The summed E-state index contributed by atoms with van der Waals surface area (Å²) in [6.07, 6.45) is 3.25. The molecule has 1 aliphatic carbocycles. The van der Waals surface area contributed by atoms with Crippen molar-refractivity contribution >= 4 is 44.8 Å². The molecule has 1 saturated heterocycles. The molecule has 5 nitrogen and oxygen atoms in total. The molecule has 2 fully saturated rings. The van der Waals surface area contributed by atoms with Gasteiger partial charge >= 0.3 is 0 Å². The van der Waals surface area contributed by atoms with Crippen LogP contribution in [0.4, 0.5) is 5.69 Å². The molecule has 2 aliphatic rings. The molecule has 1 aliphatic heterocycles. The average molecular weight is 391 g/mol. The smallest absolute Gasteiger partial charge is 0.243 e. The summed E-state index contributed by atoms with van der Waals surface area (Å²) in [5.41, 5.74) is -0.288. The van der Waals surface area contributed by atoms with Crippen LogP contribution in [-0.2, 0) is 14.8 Å². The van der Waals surface area contributed by atoms with Crippen molar-refractivity contribution in [2.75, 3.05) is 18.4 Å². The van der Waals surface area contributed by atoms with E-state index < -0.39 is 19.8 Å². The molecule has 1 aromatic carbocycles. The normalized spacial score (nSPS) is 26.8. The van der Waals surface area contributed by atoms with Crippen LogP contribution < -0.4 is 5.32 Å². The van der Waals surface area contributed by atoms with Crippen molar-refractivity contribution < 1.29 is 13.2 Å². The molecule has 1 heterocycles. The molecule has 0 radical (unpaired) electrons. The van der Waals surface area contributed by atoms with E-state index in [1.54, 1.807) is 19.1 Å². The van der Waals surface area contributed by atoms with Crippen molar-refractivity contribution in [3.8, 4) is 0 Å². The number of hydrogen-bond acceptors (Lipinski definition) is 3. The minimum Gasteiger partial charge on any atom is -0.326 e. The first-order valence-corrected chi connectivity index (χ1v) is 10.2. The molecule has 1 aromatic rings. The van der Waals surface area contributed by atoms with Gasteiger partial charge in [-0.1, -0.05) is 6.42 Å². The number of sulfonamides is 1. The summed E-state index contributed by atoms with van der Waals surface area (Å²) < 4.78 is 25.6. The van der Waals surface area contributed by atoms with Gasteiger partial charge in [0.1, 0.15) is 4.33 Å². The zero-order valence-corrected chi connectivity index (χ0v) is 15.7. The van der Waals surface area contributed by atoms with Gasteiger partial charge in [0, 0.05) is 18.8 Å². The minimum atomic E-state index is -3.46. The van der Waals surface area contributed by atoms with Crippen LogP contribution in [0.25, 0.3) is 0 Å². The number of nitrogens with zero attached hydrogens (tertiary/aromatic N) is 1. The molecule has 0 spiro atoms. The molecule has 1 atom stereocenters. The third kappa shape index (κ3) is 3.17. The van der Waals surface area contributed by atoms with E-state index in [1.807, 2.05) is 0 Å². The summed E-state index contributed by atoms with van der Waals surface area (Å²) in [6.45, 7) is 2.83. The van der Waals surface area contributed by atoms with Gasteiger partial charge in [0.05, 0.1) is 10.3 Å². The monoisotopic (exact) mass is 390 g/mol. The molecule has 1 amide bonds. The average Bonchev–Trinajstić information content (AvgIpc) is 3.08. The van der Waals surface area contributed by atoms with Crippen LogP contribution >= 0.6 is 23.2 Å². The minimum absolute atomic E-state index is 0.240. The van der Waals surface area contributed by atoms with Gasteiger partial charge in [0.2, 0.25) is 15.9 Å². The highest BCUT2D eigenvalue weighted by Gasteiger charge is 2.67. The number of piperidine rings is 1. The first kappa shape index (κ1) is 18.0. The lowest BCUT2D eigenvalue weighted by molar-refractivity contribution is -0.120. The van der Waals surface area contributed by atoms with Crippen LogP contribution in [0.5, 0.6) is 0 Å². The lowest BCUT2D eigenvalue weighted by Crippen LogP contribution is -2.35. The van der Waals surface area contributed by atoms with Gasteiger partial charge in [-0.3, -0.25) is 4.79 Å². The number of benzene rings is 1. The van der Waals surface area contributed by atoms with Crippen LogP contribution in [0.3, 0.4) is 0 Å². The van der Waals surface area contributed by atoms with E-state index in [2.05, 4.69) is 5.32 Å². The van der Waals surface area contributed by atoms with Gasteiger partial charge in [0.25, 0.3) is 0 Å². The zero-order valence-electron chi connectivity index (χ0n) is 13.4. The number of carbonyl (C=O) groups excluding carboxylic acids is 1. The van der Waals surface area contributed by atoms with Crippen molar-refractivity contribution in [3.63, 3.8) is 0 Å². The summed E-state index contributed by atoms with van der Waals surface area (Å²) in [4.78, 5) is 12.5. The Hall–Kier alpha value is -0.820. The molecule has 0 bridgehead atoms. The molecule has 24 heavy (non-hydrogen) atoms. The number of carbonyl (C=O) groups is 1. The lowest BCUT2D eigenvalue weighted by Gasteiger charge is -2.25. The quantitative estimate of drug-likeness (QED) is 0.801. The molecule has 132 valence electrons. The largest absolute Gasteiger partial charge is 0.326 e. The first-order valence-electron chi connectivity index (χ1n) is 7.96. The molecule has 0 aromatic heterocycles. The first-order chi connectivity index (χ1) is 11.2. The lowest BCUT2D eigenvalue weighted by atomic mass is 10.1. The number of halogens is 2. The summed E-state index contributed by atoms with van der Waals surface area (Å²) in [5.74, 6) is -0.265. The molecule has 3 rings (SSSR count). The van der Waals surface area contributed by atoms with Gasteiger partial charge in [-0.2, -0.15) is 4.31 Å². The van der Waals surface area contributed by atoms with Crippen molar-refractivity contribution in [2.45, 2.75) is 41.8 Å². The van der Waals surface area contributed by atoms with E-state index >= 15 is 0 Å². The zero-order chi connectivity index (χ0) is 17.6. The van der Waals surface area contributed by atoms with E-state index in [1.165, 1.54) is 16.4 Å². The standard InChI is InChI=1S/C16H20Cl2N2O3S/c1-15(11-16(15,17)18)14(21)19-12-5-7-13(8-6-12)24(22,23)20-9-3-2-4-10-20/h5-8H,2-4,9-11H2,1H3,(H,19,21). The SMILES string of the molecule is CC1(C(=O)Nc2ccc(S(=O)(=O)N3CCCCC3)cc2)CC1(Cl)Cl. The van der Waals surface area contributed by atoms with Crippen LogP contribution in [0, 0.1) is 5.41 Å². The van der Waals surface area contributed by atoms with Gasteiger partial charge in [-0.15, -0.1) is 23.2 Å². The number of alkyl halides is 2. The van der Waals surface area contributed by atoms with Crippen LogP contribution in [0.2, 0.25) is 0 Å². The maximum Gasteiger partial charge on any atom is 0.243 e. The van der Waals surface area contributed by atoms with Gasteiger partial charge in [0.15, 0.2) is 0 Å². The number of rotatable bonds is 4. The second-order valence-corrected chi connectivity index (χ2v) is 10.1. The summed E-state index contributed by atoms with van der Waals surface area (Å²) in [7, 11) is -3.46. The fraction of sp³-hybridized carbons (Fsp3) is 0.562. The Morgan fingerprint density at radius 1 is 1.12 bits per heavy atom. The topological polar surface area (TPSA) is 66.5 Å². The Balaban J connectivity index is 1.71. The van der Waals surface area contributed by atoms with E-state index in [0.717, 1.165) is 19.3 Å². The van der Waals surface area contributed by atoms with Gasteiger partial charge < -0.3 is 5.32 Å². The number of amides is 1. The third-order valence-corrected chi connectivity index (χ3v) is 7.84. The highest BCUT2D eigenvalue weighted by molar-refractivity contribution is 7.89. The van der Waals surface area contributed by atoms with E-state index in [0.29, 0.717) is 25.2 Å². The van der Waals surface area contributed by atoms with Crippen molar-refractivity contribution in [1.29, 1.82) is 0 Å². The summed E-state index contributed by atoms with van der Waals surface area (Å²) in [6, 6.07) is 6.21. The third-order valence-electron chi connectivity index (χ3n) is 4.82.